The van der Waals surface area contributed by atoms with Gasteiger partial charge in [-0.05, 0) is 49.9 Å². The Balaban J connectivity index is 1.09. The Morgan fingerprint density at radius 3 is 1.42 bits per heavy atom. The number of para-hydroxylation sites is 1. The Hall–Kier alpha value is -6.95. The van der Waals surface area contributed by atoms with Gasteiger partial charge < -0.3 is 4.42 Å². The maximum absolute atomic E-state index is 6.51. The van der Waals surface area contributed by atoms with Gasteiger partial charge in [0, 0.05) is 22.1 Å². The first-order valence-electron chi connectivity index (χ1n) is 19.4. The van der Waals surface area contributed by atoms with Gasteiger partial charge in [-0.3, -0.25) is 0 Å². The molecule has 0 radical (unpaired) electrons. The molecule has 272 valence electrons. The van der Waals surface area contributed by atoms with E-state index in [0.717, 1.165) is 44.5 Å². The van der Waals surface area contributed by atoms with Crippen molar-refractivity contribution in [2.24, 2.45) is 0 Å². The molecule has 0 bridgehead atoms. The molecule has 0 spiro atoms. The van der Waals surface area contributed by atoms with E-state index in [1.165, 1.54) is 43.4 Å². The summed E-state index contributed by atoms with van der Waals surface area (Å²) < 4.78 is 6.51. The molecule has 0 aliphatic carbocycles. The van der Waals surface area contributed by atoms with Crippen LogP contribution in [0.5, 0.6) is 0 Å². The molecule has 0 aliphatic rings. The van der Waals surface area contributed by atoms with E-state index in [4.69, 9.17) is 19.4 Å². The highest BCUT2D eigenvalue weighted by Gasteiger charge is 2.23. The molecular weight excluding hydrogens is 711 g/mol. The minimum atomic E-state index is -1.54. The van der Waals surface area contributed by atoms with Crippen LogP contribution in [0.15, 0.2) is 186 Å². The molecule has 0 saturated heterocycles. The molecule has 0 saturated carbocycles. The normalized spacial score (nSPS) is 11.8. The van der Waals surface area contributed by atoms with Crippen LogP contribution in [-0.4, -0.2) is 23.0 Å². The summed E-state index contributed by atoms with van der Waals surface area (Å²) in [6.45, 7) is 7.28. The SMILES string of the molecule is C[Si](C)(C)c1ccc(-c2ccc(-c3ccc(-c4nc(-c5ccccc5)nc(-c5c(-c6ccccc6)oc6ccccc56)n4)cc3)c3ccccc23)c2ccccc12. The zero-order chi connectivity index (χ0) is 38.5. The van der Waals surface area contributed by atoms with Crippen molar-refractivity contribution in [2.45, 2.75) is 19.6 Å². The van der Waals surface area contributed by atoms with Crippen molar-refractivity contribution in [3.8, 4) is 67.7 Å². The van der Waals surface area contributed by atoms with Gasteiger partial charge in [0.15, 0.2) is 17.5 Å². The van der Waals surface area contributed by atoms with Gasteiger partial charge in [0.25, 0.3) is 0 Å². The van der Waals surface area contributed by atoms with Crippen molar-refractivity contribution in [1.82, 2.24) is 15.0 Å². The number of rotatable bonds is 7. The van der Waals surface area contributed by atoms with Crippen LogP contribution >= 0.6 is 0 Å². The van der Waals surface area contributed by atoms with Crippen molar-refractivity contribution in [2.75, 3.05) is 0 Å². The number of fused-ring (bicyclic) bond motifs is 3. The Bertz CT molecular complexity index is 3090. The van der Waals surface area contributed by atoms with E-state index >= 15 is 0 Å². The number of aromatic nitrogens is 3. The maximum atomic E-state index is 6.51. The predicted molar refractivity (Wildman–Crippen MR) is 240 cm³/mol. The van der Waals surface area contributed by atoms with Gasteiger partial charge >= 0.3 is 0 Å². The molecular formula is C52H39N3OSi. The predicted octanol–water partition coefficient (Wildman–Crippen LogP) is 13.5. The second-order valence-electron chi connectivity index (χ2n) is 15.6. The van der Waals surface area contributed by atoms with E-state index in [9.17, 15) is 0 Å². The summed E-state index contributed by atoms with van der Waals surface area (Å²) in [5.74, 6) is 2.51. The van der Waals surface area contributed by atoms with Crippen molar-refractivity contribution in [3.05, 3.63) is 182 Å². The highest BCUT2D eigenvalue weighted by Crippen LogP contribution is 2.42. The van der Waals surface area contributed by atoms with E-state index in [1.807, 2.05) is 66.7 Å². The van der Waals surface area contributed by atoms with Crippen LogP contribution < -0.4 is 5.19 Å². The van der Waals surface area contributed by atoms with Crippen molar-refractivity contribution in [3.63, 3.8) is 0 Å². The number of hydrogen-bond donors (Lipinski definition) is 0. The first-order chi connectivity index (χ1) is 27.9. The summed E-state index contributed by atoms with van der Waals surface area (Å²) in [4.78, 5) is 15.3. The Morgan fingerprint density at radius 1 is 0.351 bits per heavy atom. The van der Waals surface area contributed by atoms with E-state index in [-0.39, 0.29) is 0 Å². The van der Waals surface area contributed by atoms with Crippen molar-refractivity contribution < 1.29 is 4.42 Å². The lowest BCUT2D eigenvalue weighted by atomic mass is 9.90. The van der Waals surface area contributed by atoms with E-state index in [2.05, 4.69) is 135 Å². The van der Waals surface area contributed by atoms with Gasteiger partial charge in [-0.2, -0.15) is 0 Å². The summed E-state index contributed by atoms with van der Waals surface area (Å²) in [6, 6.07) is 63.9. The second-order valence-corrected chi connectivity index (χ2v) is 20.6. The first kappa shape index (κ1) is 34.5. The molecule has 10 aromatic rings. The molecule has 0 aliphatic heterocycles. The molecule has 10 rings (SSSR count). The molecule has 8 aromatic carbocycles. The summed E-state index contributed by atoms with van der Waals surface area (Å²) in [6.07, 6.45) is 0. The van der Waals surface area contributed by atoms with Gasteiger partial charge in [0.05, 0.1) is 13.6 Å². The van der Waals surface area contributed by atoms with Crippen LogP contribution in [0.3, 0.4) is 0 Å². The molecule has 4 nitrogen and oxygen atoms in total. The lowest BCUT2D eigenvalue weighted by Gasteiger charge is -2.21. The second kappa shape index (κ2) is 14.0. The van der Waals surface area contributed by atoms with Crippen LogP contribution in [0.4, 0.5) is 0 Å². The third-order valence-electron chi connectivity index (χ3n) is 10.9. The zero-order valence-electron chi connectivity index (χ0n) is 32.1. The lowest BCUT2D eigenvalue weighted by Crippen LogP contribution is -2.38. The van der Waals surface area contributed by atoms with E-state index in [0.29, 0.717) is 17.5 Å². The first-order valence-corrected chi connectivity index (χ1v) is 22.9. The Kier molecular flexibility index (Phi) is 8.46. The van der Waals surface area contributed by atoms with Crippen molar-refractivity contribution >= 4 is 45.8 Å². The van der Waals surface area contributed by atoms with Crippen LogP contribution in [0.25, 0.3) is 100 Å². The average molecular weight is 750 g/mol. The molecule has 0 fully saturated rings. The maximum Gasteiger partial charge on any atom is 0.168 e. The highest BCUT2D eigenvalue weighted by atomic mass is 28.3. The summed E-state index contributed by atoms with van der Waals surface area (Å²) in [5.41, 5.74) is 9.26. The number of nitrogens with zero attached hydrogens (tertiary/aromatic N) is 3. The van der Waals surface area contributed by atoms with Gasteiger partial charge in [-0.15, -0.1) is 0 Å². The third-order valence-corrected chi connectivity index (χ3v) is 13.0. The summed E-state index contributed by atoms with van der Waals surface area (Å²) in [5, 5.41) is 7.59. The van der Waals surface area contributed by atoms with Crippen LogP contribution in [-0.2, 0) is 0 Å². The lowest BCUT2D eigenvalue weighted by molar-refractivity contribution is 0.632. The molecule has 0 atom stereocenters. The van der Waals surface area contributed by atoms with Crippen LogP contribution in [0.1, 0.15) is 0 Å². The molecule has 0 unspecified atom stereocenters. The minimum absolute atomic E-state index is 0.568. The minimum Gasteiger partial charge on any atom is -0.455 e. The quantitative estimate of drug-likeness (QED) is 0.152. The summed E-state index contributed by atoms with van der Waals surface area (Å²) in [7, 11) is -1.54. The summed E-state index contributed by atoms with van der Waals surface area (Å²) >= 11 is 0. The standard InChI is InChI=1S/C52H39N3OSi/c1-57(2,3)47-33-32-43(41-22-12-13-23-44(41)47)42-31-30-38(39-20-10-11-21-40(39)42)34-26-28-37(29-27-34)51-53-50(36-18-8-5-9-19-36)54-52(55-51)48-45-24-14-15-25-46(45)56-49(48)35-16-6-4-7-17-35/h4-33H,1-3H3. The van der Waals surface area contributed by atoms with Gasteiger partial charge in [-0.1, -0.05) is 201 Å². The topological polar surface area (TPSA) is 51.8 Å². The number of benzene rings is 8. The fourth-order valence-corrected chi connectivity index (χ4v) is 9.78. The van der Waals surface area contributed by atoms with E-state index in [1.54, 1.807) is 0 Å². The molecule has 2 aromatic heterocycles. The zero-order valence-corrected chi connectivity index (χ0v) is 33.1. The largest absolute Gasteiger partial charge is 0.455 e. The van der Waals surface area contributed by atoms with Gasteiger partial charge in [0.2, 0.25) is 0 Å². The fourth-order valence-electron chi connectivity index (χ4n) is 8.17. The smallest absolute Gasteiger partial charge is 0.168 e. The third kappa shape index (κ3) is 6.23. The average Bonchev–Trinajstić information content (AvgIpc) is 3.66. The molecule has 0 N–H and O–H groups in total. The highest BCUT2D eigenvalue weighted by molar-refractivity contribution is 6.90. The molecule has 0 amide bonds. The number of hydrogen-bond acceptors (Lipinski definition) is 4. The van der Waals surface area contributed by atoms with Crippen LogP contribution in [0.2, 0.25) is 19.6 Å². The Morgan fingerprint density at radius 2 is 0.789 bits per heavy atom. The Labute approximate surface area is 333 Å². The molecule has 2 heterocycles. The van der Waals surface area contributed by atoms with Gasteiger partial charge in [-0.25, -0.2) is 15.0 Å². The fraction of sp³-hybridized carbons (Fsp3) is 0.0577. The van der Waals surface area contributed by atoms with Gasteiger partial charge in [0.1, 0.15) is 11.3 Å². The van der Waals surface area contributed by atoms with Crippen molar-refractivity contribution in [1.29, 1.82) is 0 Å². The molecule has 57 heavy (non-hydrogen) atoms. The monoisotopic (exact) mass is 749 g/mol. The number of furan rings is 1. The van der Waals surface area contributed by atoms with Crippen LogP contribution in [0, 0.1) is 0 Å². The molecule has 5 heteroatoms. The van der Waals surface area contributed by atoms with E-state index < -0.39 is 8.07 Å².